The van der Waals surface area contributed by atoms with E-state index in [1.807, 2.05) is 12.1 Å². The maximum absolute atomic E-state index is 5.97. The van der Waals surface area contributed by atoms with E-state index in [1.165, 1.54) is 30.0 Å². The van der Waals surface area contributed by atoms with Crippen molar-refractivity contribution in [1.29, 1.82) is 0 Å². The molecule has 0 aliphatic rings. The van der Waals surface area contributed by atoms with Crippen molar-refractivity contribution < 1.29 is 9.15 Å². The fourth-order valence-corrected chi connectivity index (χ4v) is 2.83. The lowest BCUT2D eigenvalue weighted by atomic mass is 10.1. The minimum Gasteiger partial charge on any atom is -0.493 e. The van der Waals surface area contributed by atoms with Crippen molar-refractivity contribution in [2.24, 2.45) is 0 Å². The number of benzene rings is 2. The van der Waals surface area contributed by atoms with Crippen LogP contribution in [-0.4, -0.2) is 13.2 Å². The zero-order chi connectivity index (χ0) is 16.5. The molecule has 0 atom stereocenters. The molecule has 1 N–H and O–H groups in total. The summed E-state index contributed by atoms with van der Waals surface area (Å²) in [5.74, 6) is 1.99. The first-order valence-electron chi connectivity index (χ1n) is 8.77. The molecule has 0 bridgehead atoms. The number of unbranched alkanes of at least 4 members (excludes halogenated alkanes) is 3. The van der Waals surface area contributed by atoms with Crippen LogP contribution in [0.4, 0.5) is 0 Å². The zero-order valence-corrected chi connectivity index (χ0v) is 15.3. The maximum atomic E-state index is 5.97. The van der Waals surface area contributed by atoms with E-state index in [2.05, 4.69) is 47.8 Å². The second-order valence-corrected chi connectivity index (χ2v) is 6.00. The molecule has 0 aliphatic carbocycles. The van der Waals surface area contributed by atoms with E-state index in [4.69, 9.17) is 9.15 Å². The third kappa shape index (κ3) is 6.11. The molecule has 25 heavy (non-hydrogen) atoms. The number of rotatable bonds is 10. The summed E-state index contributed by atoms with van der Waals surface area (Å²) in [6, 6.07) is 18.5. The topological polar surface area (TPSA) is 34.4 Å². The van der Waals surface area contributed by atoms with Gasteiger partial charge in [-0.3, -0.25) is 0 Å². The molecule has 0 aliphatic heterocycles. The normalized spacial score (nSPS) is 10.6. The third-order valence-electron chi connectivity index (χ3n) is 4.13. The number of ether oxygens (including phenoxy) is 1. The quantitative estimate of drug-likeness (QED) is 0.479. The van der Waals surface area contributed by atoms with Crippen molar-refractivity contribution in [2.45, 2.75) is 32.2 Å². The monoisotopic (exact) mass is 359 g/mol. The Bertz CT molecular complexity index is 722. The van der Waals surface area contributed by atoms with Gasteiger partial charge in [-0.05, 0) is 43.0 Å². The van der Waals surface area contributed by atoms with E-state index >= 15 is 0 Å². The summed E-state index contributed by atoms with van der Waals surface area (Å²) in [5, 5.41) is 5.83. The average molecular weight is 360 g/mol. The van der Waals surface area contributed by atoms with Gasteiger partial charge in [0.1, 0.15) is 11.5 Å². The average Bonchev–Trinajstić information content (AvgIpc) is 3.14. The second-order valence-electron chi connectivity index (χ2n) is 6.00. The molecule has 4 heteroatoms. The van der Waals surface area contributed by atoms with E-state index in [9.17, 15) is 0 Å². The smallest absolute Gasteiger partial charge is 0.127 e. The molecule has 0 amide bonds. The minimum atomic E-state index is 0. The van der Waals surface area contributed by atoms with Crippen LogP contribution in [0.15, 0.2) is 65.3 Å². The summed E-state index contributed by atoms with van der Waals surface area (Å²) in [6.45, 7) is 2.63. The molecule has 3 aromatic rings. The Labute approximate surface area is 155 Å². The van der Waals surface area contributed by atoms with E-state index in [0.29, 0.717) is 0 Å². The van der Waals surface area contributed by atoms with Gasteiger partial charge in [-0.2, -0.15) is 0 Å². The number of hydrogen-bond acceptors (Lipinski definition) is 3. The molecule has 0 fully saturated rings. The molecule has 2 aromatic carbocycles. The van der Waals surface area contributed by atoms with Crippen LogP contribution in [-0.2, 0) is 6.54 Å². The van der Waals surface area contributed by atoms with Crippen molar-refractivity contribution in [2.75, 3.05) is 13.2 Å². The predicted molar refractivity (Wildman–Crippen MR) is 106 cm³/mol. The Morgan fingerprint density at radius 2 is 1.68 bits per heavy atom. The van der Waals surface area contributed by atoms with Crippen molar-refractivity contribution in [3.8, 4) is 5.75 Å². The van der Waals surface area contributed by atoms with Crippen LogP contribution < -0.4 is 10.1 Å². The van der Waals surface area contributed by atoms with Gasteiger partial charge in [0.05, 0.1) is 19.4 Å². The molecular weight excluding hydrogens is 334 g/mol. The molecule has 3 rings (SSSR count). The summed E-state index contributed by atoms with van der Waals surface area (Å²) in [7, 11) is 0. The SMILES string of the molecule is Cl.c1coc(CNCCCCCCOc2cccc3ccccc23)c1. The van der Waals surface area contributed by atoms with Gasteiger partial charge in [-0.15, -0.1) is 12.4 Å². The predicted octanol–water partition coefficient (Wildman–Crippen LogP) is 5.58. The van der Waals surface area contributed by atoms with Crippen molar-refractivity contribution in [3.63, 3.8) is 0 Å². The summed E-state index contributed by atoms with van der Waals surface area (Å²) >= 11 is 0. The van der Waals surface area contributed by atoms with E-state index in [0.717, 1.165) is 37.6 Å². The molecule has 0 unspecified atom stereocenters. The van der Waals surface area contributed by atoms with Gasteiger partial charge < -0.3 is 14.5 Å². The Balaban J connectivity index is 0.00000225. The molecule has 0 saturated carbocycles. The van der Waals surface area contributed by atoms with Crippen LogP contribution in [0.1, 0.15) is 31.4 Å². The first-order chi connectivity index (χ1) is 11.9. The van der Waals surface area contributed by atoms with Crippen molar-refractivity contribution >= 4 is 23.2 Å². The summed E-state index contributed by atoms with van der Waals surface area (Å²) in [4.78, 5) is 0. The van der Waals surface area contributed by atoms with E-state index in [1.54, 1.807) is 6.26 Å². The highest BCUT2D eigenvalue weighted by molar-refractivity contribution is 5.88. The Morgan fingerprint density at radius 1 is 0.840 bits per heavy atom. The van der Waals surface area contributed by atoms with Crippen LogP contribution >= 0.6 is 12.4 Å². The van der Waals surface area contributed by atoms with Crippen molar-refractivity contribution in [1.82, 2.24) is 5.32 Å². The van der Waals surface area contributed by atoms with Crippen LogP contribution in [0.5, 0.6) is 5.75 Å². The molecular formula is C21H26ClNO2. The Morgan fingerprint density at radius 3 is 2.56 bits per heavy atom. The second kappa shape index (κ2) is 10.8. The highest BCUT2D eigenvalue weighted by Gasteiger charge is 2.01. The largest absolute Gasteiger partial charge is 0.493 e. The van der Waals surface area contributed by atoms with Crippen molar-refractivity contribution in [3.05, 3.63) is 66.6 Å². The fourth-order valence-electron chi connectivity index (χ4n) is 2.83. The van der Waals surface area contributed by atoms with Gasteiger partial charge >= 0.3 is 0 Å². The first kappa shape index (κ1) is 19.4. The number of nitrogens with one attached hydrogen (secondary N) is 1. The number of hydrogen-bond donors (Lipinski definition) is 1. The molecule has 134 valence electrons. The first-order valence-corrected chi connectivity index (χ1v) is 8.77. The van der Waals surface area contributed by atoms with Gasteiger partial charge in [0, 0.05) is 5.39 Å². The summed E-state index contributed by atoms with van der Waals surface area (Å²) < 4.78 is 11.3. The maximum Gasteiger partial charge on any atom is 0.127 e. The molecule has 1 aromatic heterocycles. The Kier molecular flexibility index (Phi) is 8.36. The van der Waals surface area contributed by atoms with Crippen LogP contribution in [0.3, 0.4) is 0 Å². The summed E-state index contributed by atoms with van der Waals surface area (Å²) in [6.07, 6.45) is 6.43. The Hall–Kier alpha value is -1.97. The van der Waals surface area contributed by atoms with Crippen LogP contribution in [0.2, 0.25) is 0 Å². The molecule has 3 nitrogen and oxygen atoms in total. The minimum absolute atomic E-state index is 0. The lowest BCUT2D eigenvalue weighted by Gasteiger charge is -2.09. The van der Waals surface area contributed by atoms with E-state index in [-0.39, 0.29) is 12.4 Å². The highest BCUT2D eigenvalue weighted by Crippen LogP contribution is 2.25. The standard InChI is InChI=1S/C21H25NO2.ClH/c1(5-14-22-17-19-11-8-16-23-19)2-6-15-24-21-13-7-10-18-9-3-4-12-20(18)21;/h3-4,7-13,16,22H,1-2,5-6,14-15,17H2;1H. The fraction of sp³-hybridized carbons (Fsp3) is 0.333. The number of halogens is 1. The number of fused-ring (bicyclic) bond motifs is 1. The molecule has 0 spiro atoms. The van der Waals surface area contributed by atoms with Crippen LogP contribution in [0.25, 0.3) is 10.8 Å². The lowest BCUT2D eigenvalue weighted by Crippen LogP contribution is -2.14. The molecule has 0 radical (unpaired) electrons. The number of furan rings is 1. The van der Waals surface area contributed by atoms with Gasteiger partial charge in [0.2, 0.25) is 0 Å². The third-order valence-corrected chi connectivity index (χ3v) is 4.13. The summed E-state index contributed by atoms with van der Waals surface area (Å²) in [5.41, 5.74) is 0. The van der Waals surface area contributed by atoms with Gasteiger partial charge in [-0.25, -0.2) is 0 Å². The molecule has 1 heterocycles. The van der Waals surface area contributed by atoms with E-state index < -0.39 is 0 Å². The molecule has 0 saturated heterocycles. The highest BCUT2D eigenvalue weighted by atomic mass is 35.5. The zero-order valence-electron chi connectivity index (χ0n) is 14.4. The van der Waals surface area contributed by atoms with Gasteiger partial charge in [0.25, 0.3) is 0 Å². The van der Waals surface area contributed by atoms with Gasteiger partial charge in [-0.1, -0.05) is 49.2 Å². The van der Waals surface area contributed by atoms with Gasteiger partial charge in [0.15, 0.2) is 0 Å². The lowest BCUT2D eigenvalue weighted by molar-refractivity contribution is 0.308. The van der Waals surface area contributed by atoms with Crippen LogP contribution in [0, 0.1) is 0 Å².